The van der Waals surface area contributed by atoms with Gasteiger partial charge in [-0.25, -0.2) is 0 Å². The number of nitrogens with one attached hydrogen (secondary N) is 1. The minimum atomic E-state index is -1.77. The van der Waals surface area contributed by atoms with Crippen molar-refractivity contribution in [2.24, 2.45) is 0 Å². The summed E-state index contributed by atoms with van der Waals surface area (Å²) in [7, 11) is 0.129. The largest absolute Gasteiger partial charge is 0.489 e. The minimum Gasteiger partial charge on any atom is -0.489 e. The van der Waals surface area contributed by atoms with Crippen molar-refractivity contribution in [3.8, 4) is 11.4 Å². The van der Waals surface area contributed by atoms with Crippen LogP contribution >= 0.6 is 0 Å². The summed E-state index contributed by atoms with van der Waals surface area (Å²) in [5.41, 5.74) is 1.85. The first-order valence-electron chi connectivity index (χ1n) is 9.60. The normalized spacial score (nSPS) is 15.0. The highest BCUT2D eigenvalue weighted by Crippen LogP contribution is 2.40. The van der Waals surface area contributed by atoms with Gasteiger partial charge in [0.2, 0.25) is 0 Å². The first kappa shape index (κ1) is 19.8. The van der Waals surface area contributed by atoms with Gasteiger partial charge in [-0.2, -0.15) is 4.68 Å². The van der Waals surface area contributed by atoms with Crippen molar-refractivity contribution in [2.75, 3.05) is 25.6 Å². The van der Waals surface area contributed by atoms with Crippen molar-refractivity contribution in [2.45, 2.75) is 57.7 Å². The van der Waals surface area contributed by atoms with Crippen LogP contribution in [-0.2, 0) is 4.43 Å². The fraction of sp³-hybridized carbons (Fsp3) is 0.632. The van der Waals surface area contributed by atoms with Crippen molar-refractivity contribution < 1.29 is 9.16 Å². The Morgan fingerprint density at radius 3 is 2.59 bits per heavy atom. The van der Waals surface area contributed by atoms with Gasteiger partial charge in [0, 0.05) is 18.7 Å². The molecule has 2 aromatic rings. The SMILES string of the molecule is CNc1ccc(OCCO[Si](C)(C)C(C)(C)C)c(-n2nnnc2C2CC2)c1. The lowest BCUT2D eigenvalue weighted by atomic mass is 10.2. The van der Waals surface area contributed by atoms with Gasteiger partial charge in [0.15, 0.2) is 14.1 Å². The molecule has 0 atom stereocenters. The van der Waals surface area contributed by atoms with Gasteiger partial charge >= 0.3 is 0 Å². The molecule has 0 bridgehead atoms. The molecule has 8 heteroatoms. The van der Waals surface area contributed by atoms with Crippen LogP contribution in [0, 0.1) is 0 Å². The van der Waals surface area contributed by atoms with Crippen LogP contribution in [0.1, 0.15) is 45.4 Å². The molecule has 1 aromatic heterocycles. The molecule has 1 aliphatic rings. The molecule has 0 radical (unpaired) electrons. The first-order chi connectivity index (χ1) is 12.7. The molecule has 1 heterocycles. The second-order valence-corrected chi connectivity index (χ2v) is 13.4. The molecule has 0 saturated heterocycles. The second kappa shape index (κ2) is 7.59. The van der Waals surface area contributed by atoms with Crippen molar-refractivity contribution in [1.82, 2.24) is 20.2 Å². The van der Waals surface area contributed by atoms with E-state index in [4.69, 9.17) is 9.16 Å². The van der Waals surface area contributed by atoms with Gasteiger partial charge < -0.3 is 14.5 Å². The molecule has 1 N–H and O–H groups in total. The van der Waals surface area contributed by atoms with E-state index >= 15 is 0 Å². The summed E-state index contributed by atoms with van der Waals surface area (Å²) >= 11 is 0. The smallest absolute Gasteiger partial charge is 0.192 e. The molecule has 27 heavy (non-hydrogen) atoms. The Bertz CT molecular complexity index is 781. The highest BCUT2D eigenvalue weighted by atomic mass is 28.4. The number of hydrogen-bond acceptors (Lipinski definition) is 6. The van der Waals surface area contributed by atoms with Crippen LogP contribution in [0.4, 0.5) is 5.69 Å². The lowest BCUT2D eigenvalue weighted by Gasteiger charge is -2.36. The van der Waals surface area contributed by atoms with E-state index in [1.54, 1.807) is 0 Å². The summed E-state index contributed by atoms with van der Waals surface area (Å²) in [4.78, 5) is 0. The lowest BCUT2D eigenvalue weighted by molar-refractivity contribution is 0.203. The number of rotatable bonds is 8. The molecule has 0 aliphatic heterocycles. The zero-order valence-corrected chi connectivity index (χ0v) is 18.2. The summed E-state index contributed by atoms with van der Waals surface area (Å²) in [6, 6.07) is 5.98. The number of tetrazole rings is 1. The van der Waals surface area contributed by atoms with Crippen LogP contribution in [0.5, 0.6) is 5.75 Å². The molecule has 1 aliphatic carbocycles. The Morgan fingerprint density at radius 1 is 1.22 bits per heavy atom. The van der Waals surface area contributed by atoms with Crippen LogP contribution in [0.3, 0.4) is 0 Å². The summed E-state index contributed by atoms with van der Waals surface area (Å²) in [5, 5.41) is 15.7. The highest BCUT2D eigenvalue weighted by molar-refractivity contribution is 6.74. The Balaban J connectivity index is 1.73. The Kier molecular flexibility index (Phi) is 5.57. The molecular weight excluding hydrogens is 358 g/mol. The van der Waals surface area contributed by atoms with Crippen LogP contribution < -0.4 is 10.1 Å². The summed E-state index contributed by atoms with van der Waals surface area (Å²) in [5.74, 6) is 2.13. The van der Waals surface area contributed by atoms with Gasteiger partial charge in [-0.15, -0.1) is 5.10 Å². The zero-order valence-electron chi connectivity index (χ0n) is 17.2. The molecule has 7 nitrogen and oxygen atoms in total. The quantitative estimate of drug-likeness (QED) is 0.544. The zero-order chi connectivity index (χ0) is 19.7. The molecule has 1 fully saturated rings. The lowest BCUT2D eigenvalue weighted by Crippen LogP contribution is -2.41. The van der Waals surface area contributed by atoms with Crippen LogP contribution in [0.2, 0.25) is 18.1 Å². The van der Waals surface area contributed by atoms with E-state index in [1.165, 1.54) is 0 Å². The maximum atomic E-state index is 6.22. The number of aromatic nitrogens is 4. The van der Waals surface area contributed by atoms with Crippen LogP contribution in [-0.4, -0.2) is 48.8 Å². The van der Waals surface area contributed by atoms with Gasteiger partial charge in [0.25, 0.3) is 0 Å². The van der Waals surface area contributed by atoms with Crippen molar-refractivity contribution in [1.29, 1.82) is 0 Å². The second-order valence-electron chi connectivity index (χ2n) is 8.61. The van der Waals surface area contributed by atoms with Gasteiger partial charge in [0.05, 0.1) is 6.61 Å². The monoisotopic (exact) mass is 389 g/mol. The molecule has 1 saturated carbocycles. The fourth-order valence-electron chi connectivity index (χ4n) is 2.59. The predicted molar refractivity (Wildman–Crippen MR) is 109 cm³/mol. The predicted octanol–water partition coefficient (Wildman–Crippen LogP) is 3.98. The standard InChI is InChI=1S/C19H31N5O2Si/c1-19(2,3)27(5,6)26-12-11-25-17-10-9-15(20-4)13-16(17)24-18(14-7-8-14)21-22-23-24/h9-10,13-14,20H,7-8,11-12H2,1-6H3. The summed E-state index contributed by atoms with van der Waals surface area (Å²) in [6.45, 7) is 12.3. The van der Waals surface area contributed by atoms with E-state index in [1.807, 2.05) is 29.9 Å². The Hall–Kier alpha value is -1.93. The average Bonchev–Trinajstić information content (AvgIpc) is 3.34. The Morgan fingerprint density at radius 2 is 1.96 bits per heavy atom. The van der Waals surface area contributed by atoms with Crippen molar-refractivity contribution in [3.63, 3.8) is 0 Å². The van der Waals surface area contributed by atoms with Gasteiger partial charge in [-0.1, -0.05) is 20.8 Å². The van der Waals surface area contributed by atoms with E-state index in [0.717, 1.165) is 35.8 Å². The van der Waals surface area contributed by atoms with E-state index in [-0.39, 0.29) is 5.04 Å². The maximum Gasteiger partial charge on any atom is 0.192 e. The van der Waals surface area contributed by atoms with Crippen LogP contribution in [0.25, 0.3) is 5.69 Å². The molecule has 0 unspecified atom stereocenters. The van der Waals surface area contributed by atoms with Crippen molar-refractivity contribution in [3.05, 3.63) is 24.0 Å². The van der Waals surface area contributed by atoms with Gasteiger partial charge in [-0.05, 0) is 59.6 Å². The topological polar surface area (TPSA) is 74.1 Å². The molecule has 1 aromatic carbocycles. The van der Waals surface area contributed by atoms with E-state index < -0.39 is 8.32 Å². The Labute approximate surface area is 162 Å². The third kappa shape index (κ3) is 4.49. The van der Waals surface area contributed by atoms with E-state index in [0.29, 0.717) is 19.1 Å². The number of benzene rings is 1. The number of ether oxygens (including phenoxy) is 1. The molecule has 0 amide bonds. The maximum absolute atomic E-state index is 6.22. The van der Waals surface area contributed by atoms with Gasteiger partial charge in [0.1, 0.15) is 18.0 Å². The number of hydrogen-bond donors (Lipinski definition) is 1. The molecule has 0 spiro atoms. The van der Waals surface area contributed by atoms with E-state index in [2.05, 4.69) is 54.7 Å². The van der Waals surface area contributed by atoms with Gasteiger partial charge in [-0.3, -0.25) is 0 Å². The molecular formula is C19H31N5O2Si. The average molecular weight is 390 g/mol. The minimum absolute atomic E-state index is 0.193. The summed E-state index contributed by atoms with van der Waals surface area (Å²) < 4.78 is 14.1. The number of anilines is 1. The first-order valence-corrected chi connectivity index (χ1v) is 12.5. The summed E-state index contributed by atoms with van der Waals surface area (Å²) in [6.07, 6.45) is 2.28. The third-order valence-corrected chi connectivity index (χ3v) is 10.1. The fourth-order valence-corrected chi connectivity index (χ4v) is 3.61. The van der Waals surface area contributed by atoms with Crippen molar-refractivity contribution >= 4 is 14.0 Å². The molecule has 148 valence electrons. The molecule has 3 rings (SSSR count). The highest BCUT2D eigenvalue weighted by Gasteiger charge is 2.37. The third-order valence-electron chi connectivity index (χ3n) is 5.52. The van der Waals surface area contributed by atoms with E-state index in [9.17, 15) is 0 Å². The van der Waals surface area contributed by atoms with Crippen LogP contribution in [0.15, 0.2) is 18.2 Å². The number of nitrogens with zero attached hydrogens (tertiary/aromatic N) is 4.